The van der Waals surface area contributed by atoms with Crippen LogP contribution in [0.5, 0.6) is 11.8 Å². The van der Waals surface area contributed by atoms with Crippen molar-refractivity contribution in [1.29, 1.82) is 0 Å². The number of piperazine rings is 1. The molecule has 6 rings (SSSR count). The molecule has 11 nitrogen and oxygen atoms in total. The Bertz CT molecular complexity index is 1460. The van der Waals surface area contributed by atoms with Gasteiger partial charge in [-0.1, -0.05) is 12.6 Å². The number of ether oxygens (including phenoxy) is 2. The summed E-state index contributed by atoms with van der Waals surface area (Å²) in [6.45, 7) is 13.4. The van der Waals surface area contributed by atoms with Gasteiger partial charge in [0.1, 0.15) is 12.7 Å². The fourth-order valence-electron chi connectivity index (χ4n) is 6.64. The number of likely N-dealkylation sites (tertiary alicyclic amines) is 1. The topological polar surface area (TPSA) is 103 Å². The number of aromatic amines is 1. The Morgan fingerprint density at radius 2 is 2.00 bits per heavy atom. The van der Waals surface area contributed by atoms with E-state index in [4.69, 9.17) is 19.4 Å². The molecule has 0 radical (unpaired) electrons. The van der Waals surface area contributed by atoms with E-state index in [1.54, 1.807) is 0 Å². The van der Waals surface area contributed by atoms with Gasteiger partial charge in [0.15, 0.2) is 11.6 Å². The van der Waals surface area contributed by atoms with Crippen molar-refractivity contribution in [2.75, 3.05) is 56.7 Å². The third-order valence-electron chi connectivity index (χ3n) is 8.95. The van der Waals surface area contributed by atoms with Crippen molar-refractivity contribution in [3.8, 4) is 11.8 Å². The minimum Gasteiger partial charge on any atom is -0.481 e. The Kier molecular flexibility index (Phi) is 7.23. The van der Waals surface area contributed by atoms with Crippen LogP contribution in [0.1, 0.15) is 43.9 Å². The summed E-state index contributed by atoms with van der Waals surface area (Å²) in [5.41, 5.74) is 3.32. The monoisotopic (exact) mass is 560 g/mol. The van der Waals surface area contributed by atoms with Gasteiger partial charge in [0.05, 0.1) is 17.8 Å². The zero-order valence-electron chi connectivity index (χ0n) is 24.6. The number of carbonyl (C=O) groups is 1. The first-order chi connectivity index (χ1) is 19.8. The molecule has 1 unspecified atom stereocenters. The zero-order chi connectivity index (χ0) is 28.8. The second-order valence-electron chi connectivity index (χ2n) is 11.6. The highest BCUT2D eigenvalue weighted by molar-refractivity contribution is 5.87. The molecule has 1 aromatic carbocycles. The van der Waals surface area contributed by atoms with Crippen LogP contribution in [0.15, 0.2) is 31.0 Å². The molecule has 4 atom stereocenters. The number of likely N-dealkylation sites (N-methyl/N-ethyl adjacent to an activating group) is 2. The maximum atomic E-state index is 12.3. The minimum atomic E-state index is -0.188. The van der Waals surface area contributed by atoms with E-state index < -0.39 is 0 Å². The van der Waals surface area contributed by atoms with Crippen LogP contribution in [-0.4, -0.2) is 101 Å². The van der Waals surface area contributed by atoms with Gasteiger partial charge >= 0.3 is 6.01 Å². The molecule has 1 amide bonds. The minimum absolute atomic E-state index is 0.0179. The van der Waals surface area contributed by atoms with E-state index in [0.29, 0.717) is 55.7 Å². The average molecular weight is 561 g/mol. The number of hydrogen-bond donors (Lipinski definition) is 1. The summed E-state index contributed by atoms with van der Waals surface area (Å²) >= 11 is 0. The predicted molar refractivity (Wildman–Crippen MR) is 159 cm³/mol. The Balaban J connectivity index is 1.40. The molecule has 2 aromatic heterocycles. The molecule has 2 saturated heterocycles. The van der Waals surface area contributed by atoms with E-state index in [-0.39, 0.29) is 24.1 Å². The third-order valence-corrected chi connectivity index (χ3v) is 8.95. The fraction of sp³-hybridized carbons (Fsp3) is 0.533. The van der Waals surface area contributed by atoms with Gasteiger partial charge in [-0.25, -0.2) is 0 Å². The smallest absolute Gasteiger partial charge is 0.320 e. The highest BCUT2D eigenvalue weighted by Gasteiger charge is 2.40. The Morgan fingerprint density at radius 1 is 1.20 bits per heavy atom. The van der Waals surface area contributed by atoms with Crippen molar-refractivity contribution in [3.63, 3.8) is 0 Å². The second-order valence-corrected chi connectivity index (χ2v) is 11.6. The Morgan fingerprint density at radius 3 is 2.73 bits per heavy atom. The van der Waals surface area contributed by atoms with Gasteiger partial charge < -0.3 is 29.1 Å². The number of anilines is 2. The summed E-state index contributed by atoms with van der Waals surface area (Å²) < 4.78 is 13.0. The van der Waals surface area contributed by atoms with Gasteiger partial charge in [-0.05, 0) is 70.5 Å². The standard InChI is InChI=1S/C30H40N8O3/c1-7-24(39)37-13-14-38(19(3)16-37)29-27-28(32-30(33-29)40-17-21-9-8-12-35(21)5)36(6)26(20(4)41-27)25-18(2)10-11-23-22(25)15-31-34-23/h7,10-11,15,19-21,26H,1,8-9,12-14,16-17H2,2-6H3,(H,31,34)/t19-,20-,21-,26?/m0/s1. The highest BCUT2D eigenvalue weighted by Crippen LogP contribution is 2.47. The summed E-state index contributed by atoms with van der Waals surface area (Å²) in [6.07, 6.45) is 5.34. The van der Waals surface area contributed by atoms with Crippen LogP contribution in [0.2, 0.25) is 0 Å². The molecule has 0 aliphatic carbocycles. The first-order valence-electron chi connectivity index (χ1n) is 14.5. The number of fused-ring (bicyclic) bond motifs is 2. The molecule has 218 valence electrons. The van der Waals surface area contributed by atoms with Gasteiger partial charge in [-0.15, -0.1) is 0 Å². The lowest BCUT2D eigenvalue weighted by Gasteiger charge is -2.44. The number of carbonyl (C=O) groups excluding carboxylic acids is 1. The maximum Gasteiger partial charge on any atom is 0.320 e. The van der Waals surface area contributed by atoms with Crippen molar-refractivity contribution < 1.29 is 14.3 Å². The second kappa shape index (κ2) is 10.8. The zero-order valence-corrected chi connectivity index (χ0v) is 24.6. The number of nitrogens with one attached hydrogen (secondary N) is 1. The average Bonchev–Trinajstić information content (AvgIpc) is 3.61. The number of nitrogens with zero attached hydrogens (tertiary/aromatic N) is 7. The molecule has 5 heterocycles. The fourth-order valence-corrected chi connectivity index (χ4v) is 6.64. The molecule has 0 saturated carbocycles. The molecule has 3 aliphatic rings. The van der Waals surface area contributed by atoms with E-state index in [2.05, 4.69) is 78.5 Å². The number of hydrogen-bond acceptors (Lipinski definition) is 9. The lowest BCUT2D eigenvalue weighted by Crippen LogP contribution is -2.54. The third kappa shape index (κ3) is 4.86. The first kappa shape index (κ1) is 27.3. The van der Waals surface area contributed by atoms with Gasteiger partial charge in [0, 0.05) is 44.2 Å². The van der Waals surface area contributed by atoms with Gasteiger partial charge in [0.25, 0.3) is 0 Å². The molecular weight excluding hydrogens is 520 g/mol. The summed E-state index contributed by atoms with van der Waals surface area (Å²) in [4.78, 5) is 30.8. The molecule has 11 heteroatoms. The van der Waals surface area contributed by atoms with Crippen molar-refractivity contribution in [3.05, 3.63) is 42.1 Å². The van der Waals surface area contributed by atoms with E-state index >= 15 is 0 Å². The number of H-pyrrole nitrogens is 1. The number of benzene rings is 1. The SMILES string of the molecule is C=CC(=O)N1CCN(c2nc(OC[C@@H]3CCCN3C)nc3c2O[C@@H](C)C(c2c(C)ccc4[nH]ncc24)N3C)[C@@H](C)C1. The maximum absolute atomic E-state index is 12.3. The number of aryl methyl sites for hydroxylation is 1. The molecular formula is C30H40N8O3. The van der Waals surface area contributed by atoms with Crippen LogP contribution in [0.3, 0.4) is 0 Å². The Labute approximate surface area is 241 Å². The summed E-state index contributed by atoms with van der Waals surface area (Å²) in [7, 11) is 4.20. The number of rotatable bonds is 6. The van der Waals surface area contributed by atoms with Crippen LogP contribution < -0.4 is 19.3 Å². The lowest BCUT2D eigenvalue weighted by molar-refractivity contribution is -0.126. The van der Waals surface area contributed by atoms with Gasteiger partial charge in [-0.3, -0.25) is 9.89 Å². The van der Waals surface area contributed by atoms with Gasteiger partial charge in [-0.2, -0.15) is 15.1 Å². The van der Waals surface area contributed by atoms with Crippen molar-refractivity contribution >= 4 is 28.4 Å². The normalized spacial score (nSPS) is 24.9. The Hall–Kier alpha value is -3.86. The largest absolute Gasteiger partial charge is 0.481 e. The predicted octanol–water partition coefficient (Wildman–Crippen LogP) is 3.32. The van der Waals surface area contributed by atoms with Crippen LogP contribution >= 0.6 is 0 Å². The molecule has 41 heavy (non-hydrogen) atoms. The van der Waals surface area contributed by atoms with E-state index in [1.165, 1.54) is 18.1 Å². The van der Waals surface area contributed by atoms with Crippen molar-refractivity contribution in [1.82, 2.24) is 30.0 Å². The first-order valence-corrected chi connectivity index (χ1v) is 14.5. The van der Waals surface area contributed by atoms with Crippen LogP contribution in [-0.2, 0) is 4.79 Å². The molecule has 0 bridgehead atoms. The van der Waals surface area contributed by atoms with E-state index in [9.17, 15) is 4.79 Å². The molecule has 3 aromatic rings. The van der Waals surface area contributed by atoms with Crippen molar-refractivity contribution in [2.24, 2.45) is 0 Å². The number of amides is 1. The van der Waals surface area contributed by atoms with E-state index in [1.807, 2.05) is 11.1 Å². The number of aromatic nitrogens is 4. The van der Waals surface area contributed by atoms with Crippen LogP contribution in [0, 0.1) is 6.92 Å². The summed E-state index contributed by atoms with van der Waals surface area (Å²) in [6, 6.07) is 4.79. The molecule has 2 fully saturated rings. The molecule has 3 aliphatic heterocycles. The molecule has 1 N–H and O–H groups in total. The van der Waals surface area contributed by atoms with Crippen molar-refractivity contribution in [2.45, 2.75) is 57.8 Å². The highest BCUT2D eigenvalue weighted by atomic mass is 16.5. The van der Waals surface area contributed by atoms with Gasteiger partial charge in [0.2, 0.25) is 11.7 Å². The summed E-state index contributed by atoms with van der Waals surface area (Å²) in [5.74, 6) is 2.00. The molecule has 0 spiro atoms. The quantitative estimate of drug-likeness (QED) is 0.455. The van der Waals surface area contributed by atoms with Crippen LogP contribution in [0.4, 0.5) is 11.6 Å². The van der Waals surface area contributed by atoms with Crippen LogP contribution in [0.25, 0.3) is 10.9 Å². The summed E-state index contributed by atoms with van der Waals surface area (Å²) in [5, 5.41) is 8.49. The van der Waals surface area contributed by atoms with E-state index in [0.717, 1.165) is 29.4 Å². The lowest BCUT2D eigenvalue weighted by atomic mass is 9.92.